The van der Waals surface area contributed by atoms with E-state index in [9.17, 15) is 0 Å². The van der Waals surface area contributed by atoms with Crippen LogP contribution in [0.2, 0.25) is 0 Å². The van der Waals surface area contributed by atoms with Gasteiger partial charge in [0, 0.05) is 6.04 Å². The lowest BCUT2D eigenvalue weighted by atomic mass is 9.96. The van der Waals surface area contributed by atoms with Crippen LogP contribution in [0.4, 0.5) is 0 Å². The normalized spacial score (nSPS) is 16.0. The fourth-order valence-corrected chi connectivity index (χ4v) is 1.40. The van der Waals surface area contributed by atoms with Gasteiger partial charge in [-0.3, -0.25) is 0 Å². The Bertz CT molecular complexity index is 118. The fraction of sp³-hybridized carbons (Fsp3) is 0.800. The Morgan fingerprint density at radius 2 is 2.00 bits per heavy atom. The summed E-state index contributed by atoms with van der Waals surface area (Å²) in [5.74, 6) is 0.759. The lowest BCUT2D eigenvalue weighted by Crippen LogP contribution is -2.23. The molecule has 0 aromatic heterocycles. The maximum atomic E-state index is 3.91. The molecule has 0 aliphatic rings. The van der Waals surface area contributed by atoms with E-state index in [4.69, 9.17) is 0 Å². The van der Waals surface area contributed by atoms with Gasteiger partial charge in [-0.1, -0.05) is 12.5 Å². The van der Waals surface area contributed by atoms with Crippen LogP contribution >= 0.6 is 0 Å². The Hall–Kier alpha value is -0.300. The monoisotopic (exact) mass is 155 g/mol. The molecule has 0 spiro atoms. The first-order valence-corrected chi connectivity index (χ1v) is 4.38. The first-order chi connectivity index (χ1) is 5.06. The molecular weight excluding hydrogens is 134 g/mol. The van der Waals surface area contributed by atoms with E-state index >= 15 is 0 Å². The predicted molar refractivity (Wildman–Crippen MR) is 51.7 cm³/mol. The Balaban J connectivity index is 3.51. The Morgan fingerprint density at radius 1 is 1.45 bits per heavy atom. The summed E-state index contributed by atoms with van der Waals surface area (Å²) < 4.78 is 0. The molecule has 66 valence electrons. The standard InChI is InChI=1S/C10H21N/c1-8(2)6-9(3)7-10(4)11-5/h9-11H,1,6-7H2,2-5H3. The van der Waals surface area contributed by atoms with Crippen molar-refractivity contribution in [1.82, 2.24) is 5.32 Å². The number of allylic oxidation sites excluding steroid dienone is 1. The number of hydrogen-bond donors (Lipinski definition) is 1. The molecule has 0 rings (SSSR count). The van der Waals surface area contributed by atoms with Crippen molar-refractivity contribution in [2.24, 2.45) is 5.92 Å². The highest BCUT2D eigenvalue weighted by Gasteiger charge is 2.06. The topological polar surface area (TPSA) is 12.0 Å². The second kappa shape index (κ2) is 5.36. The third-order valence-corrected chi connectivity index (χ3v) is 1.95. The molecule has 0 aliphatic carbocycles. The zero-order chi connectivity index (χ0) is 8.85. The van der Waals surface area contributed by atoms with Gasteiger partial charge in [0.2, 0.25) is 0 Å². The second-order valence-electron chi connectivity index (χ2n) is 3.69. The molecule has 1 heteroatoms. The fourth-order valence-electron chi connectivity index (χ4n) is 1.40. The summed E-state index contributed by atoms with van der Waals surface area (Å²) in [6.45, 7) is 10.5. The van der Waals surface area contributed by atoms with Gasteiger partial charge in [0.15, 0.2) is 0 Å². The van der Waals surface area contributed by atoms with Crippen LogP contribution in [0.3, 0.4) is 0 Å². The molecule has 0 radical (unpaired) electrons. The van der Waals surface area contributed by atoms with Crippen molar-refractivity contribution < 1.29 is 0 Å². The van der Waals surface area contributed by atoms with Gasteiger partial charge < -0.3 is 5.32 Å². The van der Waals surface area contributed by atoms with Crippen LogP contribution in [0.25, 0.3) is 0 Å². The van der Waals surface area contributed by atoms with E-state index in [0.29, 0.717) is 6.04 Å². The van der Waals surface area contributed by atoms with Crippen LogP contribution in [-0.4, -0.2) is 13.1 Å². The Labute approximate surface area is 70.9 Å². The average molecular weight is 155 g/mol. The predicted octanol–water partition coefficient (Wildman–Crippen LogP) is 2.59. The van der Waals surface area contributed by atoms with Gasteiger partial charge in [0.05, 0.1) is 0 Å². The molecule has 0 amide bonds. The first kappa shape index (κ1) is 10.7. The van der Waals surface area contributed by atoms with E-state index in [-0.39, 0.29) is 0 Å². The summed E-state index contributed by atoms with van der Waals surface area (Å²) >= 11 is 0. The molecule has 1 N–H and O–H groups in total. The van der Waals surface area contributed by atoms with E-state index in [0.717, 1.165) is 12.3 Å². The highest BCUT2D eigenvalue weighted by molar-refractivity contribution is 4.89. The average Bonchev–Trinajstić information content (AvgIpc) is 1.85. The quantitative estimate of drug-likeness (QED) is 0.602. The van der Waals surface area contributed by atoms with E-state index in [1.807, 2.05) is 7.05 Å². The second-order valence-corrected chi connectivity index (χ2v) is 3.69. The summed E-state index contributed by atoms with van der Waals surface area (Å²) in [5.41, 5.74) is 1.29. The van der Waals surface area contributed by atoms with Gasteiger partial charge in [-0.25, -0.2) is 0 Å². The van der Waals surface area contributed by atoms with Crippen LogP contribution in [-0.2, 0) is 0 Å². The van der Waals surface area contributed by atoms with Crippen molar-refractivity contribution in [1.29, 1.82) is 0 Å². The Kier molecular flexibility index (Phi) is 5.22. The van der Waals surface area contributed by atoms with Crippen molar-refractivity contribution in [3.8, 4) is 0 Å². The van der Waals surface area contributed by atoms with Gasteiger partial charge in [0.25, 0.3) is 0 Å². The first-order valence-electron chi connectivity index (χ1n) is 4.38. The number of rotatable bonds is 5. The molecular formula is C10H21N. The highest BCUT2D eigenvalue weighted by atomic mass is 14.8. The van der Waals surface area contributed by atoms with Crippen LogP contribution in [0.5, 0.6) is 0 Å². The molecule has 11 heavy (non-hydrogen) atoms. The molecule has 0 saturated carbocycles. The SMILES string of the molecule is C=C(C)CC(C)CC(C)NC. The summed E-state index contributed by atoms with van der Waals surface area (Å²) in [7, 11) is 2.01. The van der Waals surface area contributed by atoms with Crippen LogP contribution < -0.4 is 5.32 Å². The van der Waals surface area contributed by atoms with Gasteiger partial charge in [-0.2, -0.15) is 0 Å². The Morgan fingerprint density at radius 3 is 2.36 bits per heavy atom. The molecule has 1 nitrogen and oxygen atoms in total. The van der Waals surface area contributed by atoms with Crippen molar-refractivity contribution >= 4 is 0 Å². The van der Waals surface area contributed by atoms with Gasteiger partial charge in [0.1, 0.15) is 0 Å². The minimum atomic E-state index is 0.629. The molecule has 0 heterocycles. The van der Waals surface area contributed by atoms with Gasteiger partial charge in [-0.15, -0.1) is 6.58 Å². The van der Waals surface area contributed by atoms with E-state index in [1.54, 1.807) is 0 Å². The number of hydrogen-bond acceptors (Lipinski definition) is 1. The molecule has 0 saturated heterocycles. The van der Waals surface area contributed by atoms with Crippen LogP contribution in [0, 0.1) is 5.92 Å². The lowest BCUT2D eigenvalue weighted by molar-refractivity contribution is 0.439. The van der Waals surface area contributed by atoms with Crippen LogP contribution in [0.15, 0.2) is 12.2 Å². The zero-order valence-corrected chi connectivity index (χ0v) is 8.28. The van der Waals surface area contributed by atoms with Gasteiger partial charge >= 0.3 is 0 Å². The third kappa shape index (κ3) is 6.11. The maximum Gasteiger partial charge on any atom is 0.00383 e. The molecule has 2 unspecified atom stereocenters. The summed E-state index contributed by atoms with van der Waals surface area (Å²) in [6, 6.07) is 0.629. The third-order valence-electron chi connectivity index (χ3n) is 1.95. The van der Waals surface area contributed by atoms with Crippen molar-refractivity contribution in [2.75, 3.05) is 7.05 Å². The van der Waals surface area contributed by atoms with Crippen molar-refractivity contribution in [2.45, 2.75) is 39.7 Å². The minimum Gasteiger partial charge on any atom is -0.317 e. The van der Waals surface area contributed by atoms with E-state index in [2.05, 4.69) is 32.7 Å². The molecule has 0 bridgehead atoms. The molecule has 2 atom stereocenters. The summed E-state index contributed by atoms with van der Waals surface area (Å²) in [4.78, 5) is 0. The van der Waals surface area contributed by atoms with Crippen molar-refractivity contribution in [3.63, 3.8) is 0 Å². The number of nitrogens with one attached hydrogen (secondary N) is 1. The van der Waals surface area contributed by atoms with Crippen molar-refractivity contribution in [3.05, 3.63) is 12.2 Å². The van der Waals surface area contributed by atoms with E-state index < -0.39 is 0 Å². The summed E-state index contributed by atoms with van der Waals surface area (Å²) in [6.07, 6.45) is 2.40. The van der Waals surface area contributed by atoms with Crippen LogP contribution in [0.1, 0.15) is 33.6 Å². The van der Waals surface area contributed by atoms with E-state index in [1.165, 1.54) is 12.0 Å². The molecule has 0 fully saturated rings. The largest absolute Gasteiger partial charge is 0.317 e. The zero-order valence-electron chi connectivity index (χ0n) is 8.28. The highest BCUT2D eigenvalue weighted by Crippen LogP contribution is 2.14. The molecule has 0 aromatic carbocycles. The molecule has 0 aliphatic heterocycles. The smallest absolute Gasteiger partial charge is 0.00383 e. The van der Waals surface area contributed by atoms with Gasteiger partial charge in [-0.05, 0) is 39.7 Å². The minimum absolute atomic E-state index is 0.629. The maximum absolute atomic E-state index is 3.91. The summed E-state index contributed by atoms with van der Waals surface area (Å²) in [5, 5.41) is 3.24. The lowest BCUT2D eigenvalue weighted by Gasteiger charge is -2.16. The molecule has 0 aromatic rings.